The number of carbonyl (C=O) groups excluding carboxylic acids is 2. The van der Waals surface area contributed by atoms with Crippen molar-refractivity contribution in [3.05, 3.63) is 40.1 Å². The van der Waals surface area contributed by atoms with E-state index in [2.05, 4.69) is 15.6 Å². The maximum atomic E-state index is 12.2. The molecule has 1 heterocycles. The van der Waals surface area contributed by atoms with Crippen LogP contribution in [0.15, 0.2) is 40.1 Å². The molecule has 0 radical (unpaired) electrons. The molecule has 1 aromatic rings. The van der Waals surface area contributed by atoms with Gasteiger partial charge in [0.1, 0.15) is 0 Å². The fraction of sp³-hybridized carbons (Fsp3) is 0.167. The molecular formula is C12H11O4PSe3. The Bertz CT molecular complexity index is 575. The van der Waals surface area contributed by atoms with Crippen molar-refractivity contribution in [3.8, 4) is 0 Å². The molecule has 0 spiro atoms. The summed E-state index contributed by atoms with van der Waals surface area (Å²) < 4.78 is 8.33. The second kappa shape index (κ2) is 6.77. The minimum atomic E-state index is -1.91. The van der Waals surface area contributed by atoms with Gasteiger partial charge in [-0.3, -0.25) is 0 Å². The average Bonchev–Trinajstić information content (AvgIpc) is 2.85. The van der Waals surface area contributed by atoms with Gasteiger partial charge in [-0.2, -0.15) is 0 Å². The van der Waals surface area contributed by atoms with Gasteiger partial charge in [-0.1, -0.05) is 0 Å². The van der Waals surface area contributed by atoms with Crippen LogP contribution in [0.3, 0.4) is 0 Å². The molecule has 1 aliphatic rings. The van der Waals surface area contributed by atoms with Crippen molar-refractivity contribution < 1.29 is 19.1 Å². The number of methoxy groups -OCH3 is 2. The third-order valence-electron chi connectivity index (χ3n) is 2.58. The topological polar surface area (TPSA) is 52.6 Å². The molecule has 0 aliphatic carbocycles. The molecule has 106 valence electrons. The van der Waals surface area contributed by atoms with E-state index in [0.717, 1.165) is 5.30 Å². The molecule has 0 amide bonds. The van der Waals surface area contributed by atoms with Crippen LogP contribution in [0.5, 0.6) is 0 Å². The molecule has 0 N–H and O–H groups in total. The fourth-order valence-electron chi connectivity index (χ4n) is 1.63. The second-order valence-corrected chi connectivity index (χ2v) is 25.2. The summed E-state index contributed by atoms with van der Waals surface area (Å²) in [5, 5.41) is 1.62. The van der Waals surface area contributed by atoms with Crippen LogP contribution in [0.25, 0.3) is 0 Å². The Morgan fingerprint density at radius 1 is 1.10 bits per heavy atom. The first-order valence-corrected chi connectivity index (χ1v) is 16.9. The Hall–Kier alpha value is -0.112. The van der Waals surface area contributed by atoms with Crippen LogP contribution in [0.1, 0.15) is 0 Å². The molecule has 1 atom stereocenters. The minimum absolute atomic E-state index is 0.0154. The first-order valence-electron chi connectivity index (χ1n) is 5.48. The number of hydrogen-bond acceptors (Lipinski definition) is 4. The summed E-state index contributed by atoms with van der Waals surface area (Å²) in [6, 6.07) is 9.84. The van der Waals surface area contributed by atoms with E-state index in [0.29, 0.717) is 9.79 Å². The van der Waals surface area contributed by atoms with E-state index in [1.807, 2.05) is 30.3 Å². The molecule has 0 bridgehead atoms. The molecule has 20 heavy (non-hydrogen) atoms. The third-order valence-corrected chi connectivity index (χ3v) is 34.5. The van der Waals surface area contributed by atoms with Crippen LogP contribution >= 0.6 is 4.64 Å². The van der Waals surface area contributed by atoms with Crippen molar-refractivity contribution >= 4 is 63.3 Å². The maximum absolute atomic E-state index is 12.2. The van der Waals surface area contributed by atoms with Crippen LogP contribution in [0.2, 0.25) is 0 Å². The van der Waals surface area contributed by atoms with Crippen molar-refractivity contribution in [2.24, 2.45) is 0 Å². The van der Waals surface area contributed by atoms with Crippen LogP contribution in [0, 0.1) is 0 Å². The number of hydrogen-bond donors (Lipinski definition) is 0. The third kappa shape index (κ3) is 2.91. The van der Waals surface area contributed by atoms with Gasteiger partial charge in [0.05, 0.1) is 0 Å². The Morgan fingerprint density at radius 2 is 1.70 bits per heavy atom. The van der Waals surface area contributed by atoms with E-state index in [9.17, 15) is 9.59 Å². The first kappa shape index (κ1) is 16.3. The summed E-state index contributed by atoms with van der Waals surface area (Å²) in [6.45, 7) is 0. The van der Waals surface area contributed by atoms with Crippen LogP contribution in [0.4, 0.5) is 0 Å². The molecule has 1 aromatic carbocycles. The number of ether oxygens (including phenoxy) is 2. The van der Waals surface area contributed by atoms with E-state index in [1.165, 1.54) is 14.2 Å². The molecule has 0 saturated carbocycles. The Labute approximate surface area is 136 Å². The zero-order valence-electron chi connectivity index (χ0n) is 10.7. The summed E-state index contributed by atoms with van der Waals surface area (Å²) >= 11 is 3.39. The number of esters is 2. The van der Waals surface area contributed by atoms with E-state index < -0.39 is 16.6 Å². The van der Waals surface area contributed by atoms with Crippen molar-refractivity contribution in [1.82, 2.24) is 0 Å². The fourth-order valence-corrected chi connectivity index (χ4v) is 31.4. The average molecular weight is 487 g/mol. The molecule has 0 fully saturated rings. The van der Waals surface area contributed by atoms with E-state index in [4.69, 9.17) is 9.47 Å². The van der Waals surface area contributed by atoms with Crippen LogP contribution in [-0.4, -0.2) is 67.5 Å². The van der Waals surface area contributed by atoms with Gasteiger partial charge in [-0.05, 0) is 0 Å². The standard InChI is InChI=1S/C12H11O4PSe3/c1-15-11(13)9-10(12(14)16-2)19-20-17(9,18)8-6-4-3-5-7-8/h3-7H,1-2H3. The summed E-state index contributed by atoms with van der Waals surface area (Å²) in [5.41, 5.74) is 0. The molecule has 4 nitrogen and oxygen atoms in total. The van der Waals surface area contributed by atoms with Gasteiger partial charge in [-0.15, -0.1) is 0 Å². The van der Waals surface area contributed by atoms with Gasteiger partial charge in [-0.25, -0.2) is 0 Å². The molecule has 1 unspecified atom stereocenters. The normalized spacial score (nSPS) is 21.8. The zero-order chi connectivity index (χ0) is 14.8. The summed E-state index contributed by atoms with van der Waals surface area (Å²) in [4.78, 5) is 24.1. The SMILES string of the molecule is COC(=O)C1=C(C(=O)OC)[P+]([Se-])(c2ccccc2)[Se][Se]1. The first-order chi connectivity index (χ1) is 9.54. The van der Waals surface area contributed by atoms with Gasteiger partial charge < -0.3 is 0 Å². The molecule has 2 rings (SSSR count). The van der Waals surface area contributed by atoms with Gasteiger partial charge in [0.2, 0.25) is 0 Å². The van der Waals surface area contributed by atoms with Crippen molar-refractivity contribution in [2.75, 3.05) is 14.2 Å². The Morgan fingerprint density at radius 3 is 2.25 bits per heavy atom. The van der Waals surface area contributed by atoms with E-state index in [1.54, 1.807) is 0 Å². The summed E-state index contributed by atoms with van der Waals surface area (Å²) in [7, 11) is 2.69. The quantitative estimate of drug-likeness (QED) is 0.348. The predicted octanol–water partition coefficient (Wildman–Crippen LogP) is 0.223. The van der Waals surface area contributed by atoms with Gasteiger partial charge in [0.15, 0.2) is 0 Å². The van der Waals surface area contributed by atoms with Crippen molar-refractivity contribution in [3.63, 3.8) is 0 Å². The Kier molecular flexibility index (Phi) is 5.50. The number of rotatable bonds is 3. The van der Waals surface area contributed by atoms with Crippen molar-refractivity contribution in [2.45, 2.75) is 0 Å². The monoisotopic (exact) mass is 490 g/mol. The Balaban J connectivity index is 2.57. The molecule has 0 saturated heterocycles. The molecule has 1 aliphatic heterocycles. The zero-order valence-corrected chi connectivity index (χ0v) is 16.7. The van der Waals surface area contributed by atoms with Gasteiger partial charge in [0.25, 0.3) is 0 Å². The van der Waals surface area contributed by atoms with Crippen molar-refractivity contribution in [1.29, 1.82) is 0 Å². The number of carbonyl (C=O) groups is 2. The summed E-state index contributed by atoms with van der Waals surface area (Å²) in [6.07, 6.45) is 0. The van der Waals surface area contributed by atoms with E-state index >= 15 is 0 Å². The van der Waals surface area contributed by atoms with Gasteiger partial charge in [0, 0.05) is 0 Å². The second-order valence-electron chi connectivity index (χ2n) is 3.71. The van der Waals surface area contributed by atoms with Crippen LogP contribution in [-0.2, 0) is 19.1 Å². The molecular weight excluding hydrogens is 476 g/mol. The predicted molar refractivity (Wildman–Crippen MR) is 81.3 cm³/mol. The van der Waals surface area contributed by atoms with Crippen LogP contribution < -0.4 is 5.30 Å². The number of benzene rings is 1. The summed E-state index contributed by atoms with van der Waals surface area (Å²) in [5.74, 6) is -0.817. The molecule has 0 aromatic heterocycles. The van der Waals surface area contributed by atoms with Gasteiger partial charge >= 0.3 is 137 Å². The van der Waals surface area contributed by atoms with E-state index in [-0.39, 0.29) is 25.8 Å². The molecule has 8 heteroatoms.